The number of carbonyl (C=O) groups is 2. The SMILES string of the molecule is CN(CC(=O)N1CC[C@@H]2CCCC[C@@H]21)C(=O)OC(C)(C)C. The summed E-state index contributed by atoms with van der Waals surface area (Å²) in [6.45, 7) is 6.43. The van der Waals surface area contributed by atoms with Crippen molar-refractivity contribution in [2.75, 3.05) is 20.1 Å². The molecular weight excluding hydrogens is 268 g/mol. The Morgan fingerprint density at radius 1 is 1.19 bits per heavy atom. The van der Waals surface area contributed by atoms with E-state index in [2.05, 4.69) is 0 Å². The molecule has 0 aromatic carbocycles. The Kier molecular flexibility index (Phi) is 4.79. The third-order valence-electron chi connectivity index (χ3n) is 4.41. The molecule has 0 spiro atoms. The van der Waals surface area contributed by atoms with Gasteiger partial charge in [0.15, 0.2) is 0 Å². The third-order valence-corrected chi connectivity index (χ3v) is 4.41. The van der Waals surface area contributed by atoms with Crippen LogP contribution in [0.2, 0.25) is 0 Å². The van der Waals surface area contributed by atoms with Crippen LogP contribution < -0.4 is 0 Å². The molecule has 5 heteroatoms. The average molecular weight is 296 g/mol. The van der Waals surface area contributed by atoms with Gasteiger partial charge in [-0.3, -0.25) is 4.79 Å². The Hall–Kier alpha value is -1.26. The highest BCUT2D eigenvalue weighted by molar-refractivity contribution is 5.82. The molecule has 2 rings (SSSR count). The van der Waals surface area contributed by atoms with Crippen molar-refractivity contribution < 1.29 is 14.3 Å². The first kappa shape index (κ1) is 16.1. The van der Waals surface area contributed by atoms with E-state index < -0.39 is 11.7 Å². The van der Waals surface area contributed by atoms with Crippen molar-refractivity contribution in [3.8, 4) is 0 Å². The normalized spacial score (nSPS) is 25.4. The van der Waals surface area contributed by atoms with Gasteiger partial charge in [0, 0.05) is 19.6 Å². The molecule has 0 N–H and O–H groups in total. The van der Waals surface area contributed by atoms with Crippen molar-refractivity contribution in [2.24, 2.45) is 5.92 Å². The molecule has 2 aliphatic rings. The summed E-state index contributed by atoms with van der Waals surface area (Å²) in [5, 5.41) is 0. The minimum Gasteiger partial charge on any atom is -0.444 e. The fourth-order valence-electron chi connectivity index (χ4n) is 3.41. The molecule has 120 valence electrons. The van der Waals surface area contributed by atoms with E-state index in [1.54, 1.807) is 7.05 Å². The number of likely N-dealkylation sites (N-methyl/N-ethyl adjacent to an activating group) is 1. The van der Waals surface area contributed by atoms with Gasteiger partial charge in [-0.1, -0.05) is 12.8 Å². The van der Waals surface area contributed by atoms with E-state index >= 15 is 0 Å². The van der Waals surface area contributed by atoms with Gasteiger partial charge in [-0.2, -0.15) is 0 Å². The molecule has 2 amide bonds. The lowest BCUT2D eigenvalue weighted by atomic mass is 9.85. The van der Waals surface area contributed by atoms with Crippen LogP contribution >= 0.6 is 0 Å². The number of fused-ring (bicyclic) bond motifs is 1. The van der Waals surface area contributed by atoms with Gasteiger partial charge in [-0.15, -0.1) is 0 Å². The molecule has 0 radical (unpaired) electrons. The van der Waals surface area contributed by atoms with Crippen molar-refractivity contribution in [1.82, 2.24) is 9.80 Å². The summed E-state index contributed by atoms with van der Waals surface area (Å²) in [7, 11) is 1.63. The van der Waals surface area contributed by atoms with E-state index in [4.69, 9.17) is 4.74 Å². The number of amides is 2. The van der Waals surface area contributed by atoms with Crippen LogP contribution in [0.25, 0.3) is 0 Å². The van der Waals surface area contributed by atoms with Crippen LogP contribution in [0.15, 0.2) is 0 Å². The van der Waals surface area contributed by atoms with E-state index in [0.29, 0.717) is 12.0 Å². The maximum absolute atomic E-state index is 12.5. The van der Waals surface area contributed by atoms with Gasteiger partial charge in [-0.05, 0) is 46.0 Å². The Morgan fingerprint density at radius 2 is 1.86 bits per heavy atom. The smallest absolute Gasteiger partial charge is 0.410 e. The monoisotopic (exact) mass is 296 g/mol. The van der Waals surface area contributed by atoms with Crippen LogP contribution in [-0.2, 0) is 9.53 Å². The van der Waals surface area contributed by atoms with E-state index in [0.717, 1.165) is 19.4 Å². The molecule has 2 fully saturated rings. The first-order valence-corrected chi connectivity index (χ1v) is 8.01. The zero-order valence-corrected chi connectivity index (χ0v) is 13.7. The molecule has 2 atom stereocenters. The molecule has 1 heterocycles. The average Bonchev–Trinajstić information content (AvgIpc) is 2.80. The molecule has 0 aromatic rings. The van der Waals surface area contributed by atoms with Crippen molar-refractivity contribution in [1.29, 1.82) is 0 Å². The van der Waals surface area contributed by atoms with Crippen LogP contribution in [0.4, 0.5) is 4.79 Å². The second kappa shape index (κ2) is 6.24. The summed E-state index contributed by atoms with van der Waals surface area (Å²) in [5.74, 6) is 0.729. The molecule has 0 bridgehead atoms. The number of rotatable bonds is 2. The van der Waals surface area contributed by atoms with Gasteiger partial charge in [0.1, 0.15) is 12.1 Å². The summed E-state index contributed by atoms with van der Waals surface area (Å²) < 4.78 is 5.29. The highest BCUT2D eigenvalue weighted by Crippen LogP contribution is 2.36. The second-order valence-corrected chi connectivity index (χ2v) is 7.32. The van der Waals surface area contributed by atoms with Gasteiger partial charge >= 0.3 is 6.09 Å². The molecular formula is C16H28N2O3. The maximum Gasteiger partial charge on any atom is 0.410 e. The molecule has 21 heavy (non-hydrogen) atoms. The minimum absolute atomic E-state index is 0.0535. The third kappa shape index (κ3) is 4.11. The van der Waals surface area contributed by atoms with Gasteiger partial charge in [0.25, 0.3) is 0 Å². The van der Waals surface area contributed by atoms with E-state index in [9.17, 15) is 9.59 Å². The largest absolute Gasteiger partial charge is 0.444 e. The summed E-state index contributed by atoms with van der Waals surface area (Å²) in [5.41, 5.74) is -0.531. The second-order valence-electron chi connectivity index (χ2n) is 7.32. The predicted octanol–water partition coefficient (Wildman–Crippen LogP) is 2.64. The van der Waals surface area contributed by atoms with E-state index in [1.807, 2.05) is 25.7 Å². The van der Waals surface area contributed by atoms with Gasteiger partial charge in [0.05, 0.1) is 0 Å². The molecule has 1 aliphatic carbocycles. The zero-order valence-electron chi connectivity index (χ0n) is 13.7. The van der Waals surface area contributed by atoms with Crippen LogP contribution in [0, 0.1) is 5.92 Å². The number of carbonyl (C=O) groups excluding carboxylic acids is 2. The number of hydrogen-bond donors (Lipinski definition) is 0. The summed E-state index contributed by atoms with van der Waals surface area (Å²) in [4.78, 5) is 27.8. The lowest BCUT2D eigenvalue weighted by Gasteiger charge is -2.33. The molecule has 1 aliphatic heterocycles. The van der Waals surface area contributed by atoms with Crippen molar-refractivity contribution >= 4 is 12.0 Å². The Balaban J connectivity index is 1.87. The summed E-state index contributed by atoms with van der Waals surface area (Å²) in [6, 6.07) is 0.401. The number of hydrogen-bond acceptors (Lipinski definition) is 3. The lowest BCUT2D eigenvalue weighted by Crippen LogP contribution is -2.46. The molecule has 0 aromatic heterocycles. The molecule has 1 saturated heterocycles. The zero-order chi connectivity index (χ0) is 15.6. The first-order valence-electron chi connectivity index (χ1n) is 8.01. The first-order chi connectivity index (χ1) is 9.78. The molecule has 5 nitrogen and oxygen atoms in total. The van der Waals surface area contributed by atoms with Crippen molar-refractivity contribution in [3.05, 3.63) is 0 Å². The Labute approximate surface area is 127 Å². The highest BCUT2D eigenvalue weighted by atomic mass is 16.6. The maximum atomic E-state index is 12.5. The number of nitrogens with zero attached hydrogens (tertiary/aromatic N) is 2. The molecule has 0 unspecified atom stereocenters. The fraction of sp³-hybridized carbons (Fsp3) is 0.875. The quantitative estimate of drug-likeness (QED) is 0.787. The van der Waals surface area contributed by atoms with Crippen molar-refractivity contribution in [2.45, 2.75) is 64.5 Å². The minimum atomic E-state index is -0.531. The Morgan fingerprint density at radius 3 is 2.52 bits per heavy atom. The van der Waals surface area contributed by atoms with Crippen LogP contribution in [0.5, 0.6) is 0 Å². The lowest BCUT2D eigenvalue weighted by molar-refractivity contribution is -0.133. The van der Waals surface area contributed by atoms with Crippen LogP contribution in [0.3, 0.4) is 0 Å². The Bertz CT molecular complexity index is 403. The predicted molar refractivity (Wildman–Crippen MR) is 80.9 cm³/mol. The highest BCUT2D eigenvalue weighted by Gasteiger charge is 2.38. The summed E-state index contributed by atoms with van der Waals surface area (Å²) in [6.07, 6.45) is 5.55. The van der Waals surface area contributed by atoms with E-state index in [1.165, 1.54) is 24.2 Å². The molecule has 1 saturated carbocycles. The van der Waals surface area contributed by atoms with Gasteiger partial charge in [-0.25, -0.2) is 4.79 Å². The topological polar surface area (TPSA) is 49.9 Å². The van der Waals surface area contributed by atoms with Gasteiger partial charge in [0.2, 0.25) is 5.91 Å². The van der Waals surface area contributed by atoms with Crippen molar-refractivity contribution in [3.63, 3.8) is 0 Å². The standard InChI is InChI=1S/C16H28N2O3/c1-16(2,3)21-15(20)17(4)11-14(19)18-10-9-12-7-5-6-8-13(12)18/h12-13H,5-11H2,1-4H3/t12-,13-/m0/s1. The number of likely N-dealkylation sites (tertiary alicyclic amines) is 1. The fourth-order valence-corrected chi connectivity index (χ4v) is 3.41. The number of ether oxygens (including phenoxy) is 1. The summed E-state index contributed by atoms with van der Waals surface area (Å²) >= 11 is 0. The van der Waals surface area contributed by atoms with Crippen LogP contribution in [-0.4, -0.2) is 53.6 Å². The van der Waals surface area contributed by atoms with Gasteiger partial charge < -0.3 is 14.5 Å². The van der Waals surface area contributed by atoms with E-state index in [-0.39, 0.29) is 12.5 Å². The van der Waals surface area contributed by atoms with Crippen LogP contribution in [0.1, 0.15) is 52.9 Å².